The van der Waals surface area contributed by atoms with E-state index in [4.69, 9.17) is 0 Å². The van der Waals surface area contributed by atoms with E-state index in [9.17, 15) is 4.79 Å². The molecule has 104 valence electrons. The Kier molecular flexibility index (Phi) is 5.00. The van der Waals surface area contributed by atoms with E-state index in [0.717, 1.165) is 25.7 Å². The molecule has 0 saturated heterocycles. The summed E-state index contributed by atoms with van der Waals surface area (Å²) >= 11 is 0. The molecule has 1 fully saturated rings. The van der Waals surface area contributed by atoms with Crippen molar-refractivity contribution in [2.45, 2.75) is 63.8 Å². The molecule has 2 rings (SSSR count). The van der Waals surface area contributed by atoms with E-state index in [1.807, 2.05) is 6.07 Å². The van der Waals surface area contributed by atoms with Crippen LogP contribution in [-0.4, -0.2) is 5.91 Å². The van der Waals surface area contributed by atoms with E-state index in [1.165, 1.54) is 24.8 Å². The first-order valence-corrected chi connectivity index (χ1v) is 7.63. The zero-order chi connectivity index (χ0) is 13.6. The van der Waals surface area contributed by atoms with Crippen LogP contribution in [0.5, 0.6) is 0 Å². The van der Waals surface area contributed by atoms with Gasteiger partial charge in [0, 0.05) is 6.42 Å². The highest BCUT2D eigenvalue weighted by Crippen LogP contribution is 2.37. The number of hydrogen-bond acceptors (Lipinski definition) is 1. The molecule has 1 N–H and O–H groups in total. The number of carbonyl (C=O) groups excluding carboxylic acids is 1. The van der Waals surface area contributed by atoms with E-state index >= 15 is 0 Å². The highest BCUT2D eigenvalue weighted by molar-refractivity contribution is 5.77. The second kappa shape index (κ2) is 6.74. The van der Waals surface area contributed by atoms with Gasteiger partial charge in [-0.15, -0.1) is 0 Å². The molecule has 2 nitrogen and oxygen atoms in total. The quantitative estimate of drug-likeness (QED) is 0.845. The predicted octanol–water partition coefficient (Wildman–Crippen LogP) is 4.15. The van der Waals surface area contributed by atoms with Gasteiger partial charge in [-0.25, -0.2) is 0 Å². The van der Waals surface area contributed by atoms with Crippen LogP contribution in [0, 0.1) is 0 Å². The van der Waals surface area contributed by atoms with Gasteiger partial charge < -0.3 is 5.32 Å². The normalized spacial score (nSPS) is 17.9. The Bertz CT molecular complexity index is 393. The van der Waals surface area contributed by atoms with Crippen molar-refractivity contribution in [3.8, 4) is 0 Å². The van der Waals surface area contributed by atoms with Crippen molar-refractivity contribution in [2.24, 2.45) is 0 Å². The molecule has 2 heteroatoms. The van der Waals surface area contributed by atoms with Crippen LogP contribution in [0.25, 0.3) is 0 Å². The summed E-state index contributed by atoms with van der Waals surface area (Å²) in [5.74, 6) is 0.215. The van der Waals surface area contributed by atoms with Crippen LogP contribution >= 0.6 is 0 Å². The molecule has 0 aliphatic heterocycles. The molecule has 0 radical (unpaired) electrons. The maximum atomic E-state index is 12.1. The third-order valence-electron chi connectivity index (χ3n) is 4.17. The molecule has 1 aliphatic carbocycles. The van der Waals surface area contributed by atoms with Gasteiger partial charge in [0.2, 0.25) is 5.91 Å². The van der Waals surface area contributed by atoms with Crippen molar-refractivity contribution in [1.82, 2.24) is 5.32 Å². The lowest BCUT2D eigenvalue weighted by Crippen LogP contribution is -2.47. The largest absolute Gasteiger partial charge is 0.347 e. The van der Waals surface area contributed by atoms with Crippen LogP contribution in [0.15, 0.2) is 30.3 Å². The summed E-state index contributed by atoms with van der Waals surface area (Å²) < 4.78 is 0. The van der Waals surface area contributed by atoms with Gasteiger partial charge in [0.05, 0.1) is 5.54 Å². The second-order valence-electron chi connectivity index (χ2n) is 5.66. The van der Waals surface area contributed by atoms with Gasteiger partial charge in [-0.2, -0.15) is 0 Å². The summed E-state index contributed by atoms with van der Waals surface area (Å²) in [6.07, 6.45) is 8.59. The monoisotopic (exact) mass is 259 g/mol. The highest BCUT2D eigenvalue weighted by Gasteiger charge is 2.34. The zero-order valence-corrected chi connectivity index (χ0v) is 12.0. The molecule has 0 bridgehead atoms. The first kappa shape index (κ1) is 14.1. The molecule has 0 aromatic heterocycles. The fourth-order valence-electron chi connectivity index (χ4n) is 3.07. The molecular formula is C17H25NO. The summed E-state index contributed by atoms with van der Waals surface area (Å²) in [6.45, 7) is 2.13. The van der Waals surface area contributed by atoms with Crippen LogP contribution in [0.1, 0.15) is 63.9 Å². The van der Waals surface area contributed by atoms with Gasteiger partial charge in [-0.3, -0.25) is 4.79 Å². The molecule has 1 aliphatic rings. The standard InChI is InChI=1S/C17H25NO/c1-2-3-12-16(19)18-17(13-8-5-9-14-17)15-10-6-4-7-11-15/h4,6-7,10-11H,2-3,5,8-9,12-14H2,1H3,(H,18,19). The summed E-state index contributed by atoms with van der Waals surface area (Å²) in [4.78, 5) is 12.1. The number of hydrogen-bond donors (Lipinski definition) is 1. The smallest absolute Gasteiger partial charge is 0.220 e. The van der Waals surface area contributed by atoms with Gasteiger partial charge in [0.25, 0.3) is 0 Å². The average Bonchev–Trinajstić information content (AvgIpc) is 2.47. The Morgan fingerprint density at radius 2 is 1.84 bits per heavy atom. The van der Waals surface area contributed by atoms with E-state index < -0.39 is 0 Å². The third-order valence-corrected chi connectivity index (χ3v) is 4.17. The van der Waals surface area contributed by atoms with E-state index in [-0.39, 0.29) is 11.4 Å². The predicted molar refractivity (Wildman–Crippen MR) is 78.9 cm³/mol. The topological polar surface area (TPSA) is 29.1 Å². The summed E-state index contributed by atoms with van der Waals surface area (Å²) in [6, 6.07) is 10.5. The average molecular weight is 259 g/mol. The van der Waals surface area contributed by atoms with Gasteiger partial charge in [0.15, 0.2) is 0 Å². The van der Waals surface area contributed by atoms with Gasteiger partial charge in [0.1, 0.15) is 0 Å². The van der Waals surface area contributed by atoms with Gasteiger partial charge in [-0.1, -0.05) is 62.9 Å². The van der Waals surface area contributed by atoms with Crippen molar-refractivity contribution in [3.05, 3.63) is 35.9 Å². The molecule has 0 heterocycles. The van der Waals surface area contributed by atoms with Crippen LogP contribution in [0.4, 0.5) is 0 Å². The molecule has 0 spiro atoms. The Labute approximate surface area is 116 Å². The number of carbonyl (C=O) groups is 1. The van der Waals surface area contributed by atoms with Crippen molar-refractivity contribution in [2.75, 3.05) is 0 Å². The number of benzene rings is 1. The fraction of sp³-hybridized carbons (Fsp3) is 0.588. The van der Waals surface area contributed by atoms with Gasteiger partial charge in [-0.05, 0) is 24.8 Å². The van der Waals surface area contributed by atoms with E-state index in [2.05, 4.69) is 36.5 Å². The molecule has 1 aromatic rings. The summed E-state index contributed by atoms with van der Waals surface area (Å²) in [7, 11) is 0. The SMILES string of the molecule is CCCCC(=O)NC1(c2ccccc2)CCCCC1. The minimum absolute atomic E-state index is 0.107. The zero-order valence-electron chi connectivity index (χ0n) is 12.0. The number of rotatable bonds is 5. The maximum absolute atomic E-state index is 12.1. The van der Waals surface area contributed by atoms with Crippen molar-refractivity contribution in [3.63, 3.8) is 0 Å². The molecule has 0 atom stereocenters. The molecule has 0 unspecified atom stereocenters. The molecular weight excluding hydrogens is 234 g/mol. The van der Waals surface area contributed by atoms with E-state index in [0.29, 0.717) is 6.42 Å². The van der Waals surface area contributed by atoms with E-state index in [1.54, 1.807) is 0 Å². The van der Waals surface area contributed by atoms with Crippen LogP contribution in [0.2, 0.25) is 0 Å². The Morgan fingerprint density at radius 3 is 2.47 bits per heavy atom. The lowest BCUT2D eigenvalue weighted by atomic mass is 9.76. The van der Waals surface area contributed by atoms with Crippen LogP contribution < -0.4 is 5.32 Å². The van der Waals surface area contributed by atoms with Gasteiger partial charge >= 0.3 is 0 Å². The third kappa shape index (κ3) is 3.59. The van der Waals surface area contributed by atoms with Crippen LogP contribution in [-0.2, 0) is 10.3 Å². The maximum Gasteiger partial charge on any atom is 0.220 e. The molecule has 1 aromatic carbocycles. The molecule has 19 heavy (non-hydrogen) atoms. The summed E-state index contributed by atoms with van der Waals surface area (Å²) in [5, 5.41) is 3.34. The lowest BCUT2D eigenvalue weighted by Gasteiger charge is -2.39. The Morgan fingerprint density at radius 1 is 1.16 bits per heavy atom. The second-order valence-corrected chi connectivity index (χ2v) is 5.66. The molecule has 1 saturated carbocycles. The first-order valence-electron chi connectivity index (χ1n) is 7.63. The summed E-state index contributed by atoms with van der Waals surface area (Å²) in [5.41, 5.74) is 1.17. The number of amides is 1. The van der Waals surface area contributed by atoms with Crippen molar-refractivity contribution < 1.29 is 4.79 Å². The highest BCUT2D eigenvalue weighted by atomic mass is 16.1. The van der Waals surface area contributed by atoms with Crippen molar-refractivity contribution in [1.29, 1.82) is 0 Å². The first-order chi connectivity index (χ1) is 9.27. The lowest BCUT2D eigenvalue weighted by molar-refractivity contribution is -0.123. The van der Waals surface area contributed by atoms with Crippen molar-refractivity contribution >= 4 is 5.91 Å². The minimum Gasteiger partial charge on any atom is -0.347 e. The molecule has 1 amide bonds. The fourth-order valence-corrected chi connectivity index (χ4v) is 3.07. The Hall–Kier alpha value is -1.31. The number of nitrogens with one attached hydrogen (secondary N) is 1. The van der Waals surface area contributed by atoms with Crippen LogP contribution in [0.3, 0.4) is 0 Å². The number of unbranched alkanes of at least 4 members (excludes halogenated alkanes) is 1. The Balaban J connectivity index is 2.13. The minimum atomic E-state index is -0.107.